The molecule has 2 saturated heterocycles. The molecule has 2 aliphatic heterocycles. The molecule has 0 spiro atoms. The summed E-state index contributed by atoms with van der Waals surface area (Å²) in [4.78, 5) is 13.8. The number of hydrogen-bond donors (Lipinski definition) is 3. The van der Waals surface area contributed by atoms with E-state index in [0.29, 0.717) is 30.3 Å². The standard InChI is InChI=1S/C32H47N7O3/c1-4-6-7-12-32(41,5-2)24-16-23(17-27(18-24)38-13-8-9-26(38)22-40)29-20-34-30(33)31(36-29)42-28-19-35-39(21-28)25-10-14-37(3)15-11-25/h16-21,25-26,40-41H,4-15,22H2,1-3H3,(H2,33,34)/t26?,32-/m0/s1. The summed E-state index contributed by atoms with van der Waals surface area (Å²) in [5.74, 6) is 0.998. The van der Waals surface area contributed by atoms with Crippen LogP contribution in [0, 0.1) is 0 Å². The number of likely N-dealkylation sites (tertiary alicyclic amines) is 1. The van der Waals surface area contributed by atoms with Crippen molar-refractivity contribution < 1.29 is 14.9 Å². The Labute approximate surface area is 249 Å². The third-order valence-corrected chi connectivity index (χ3v) is 9.07. The maximum atomic E-state index is 11.8. The van der Waals surface area contributed by atoms with E-state index in [-0.39, 0.29) is 24.3 Å². The highest BCUT2D eigenvalue weighted by molar-refractivity contribution is 5.69. The van der Waals surface area contributed by atoms with Crippen molar-refractivity contribution in [2.45, 2.75) is 89.3 Å². The molecule has 3 aromatic rings. The zero-order valence-electron chi connectivity index (χ0n) is 25.4. The molecule has 0 radical (unpaired) electrons. The van der Waals surface area contributed by atoms with Crippen LogP contribution in [0.5, 0.6) is 11.6 Å². The van der Waals surface area contributed by atoms with E-state index in [1.165, 1.54) is 0 Å². The van der Waals surface area contributed by atoms with Crippen LogP contribution >= 0.6 is 0 Å². The summed E-state index contributed by atoms with van der Waals surface area (Å²) < 4.78 is 8.10. The van der Waals surface area contributed by atoms with Gasteiger partial charge in [0.2, 0.25) is 0 Å². The molecule has 42 heavy (non-hydrogen) atoms. The molecule has 0 amide bonds. The van der Waals surface area contributed by atoms with Crippen LogP contribution in [0.2, 0.25) is 0 Å². The number of nitrogens with zero attached hydrogens (tertiary/aromatic N) is 6. The maximum absolute atomic E-state index is 11.8. The number of aromatic nitrogens is 4. The summed E-state index contributed by atoms with van der Waals surface area (Å²) in [5.41, 5.74) is 8.53. The number of hydrogen-bond acceptors (Lipinski definition) is 9. The van der Waals surface area contributed by atoms with Crippen molar-refractivity contribution in [2.24, 2.45) is 0 Å². The highest BCUT2D eigenvalue weighted by atomic mass is 16.5. The van der Waals surface area contributed by atoms with E-state index in [4.69, 9.17) is 15.5 Å². The molecular weight excluding hydrogens is 530 g/mol. The van der Waals surface area contributed by atoms with Crippen LogP contribution in [-0.4, -0.2) is 74.2 Å². The van der Waals surface area contributed by atoms with Gasteiger partial charge in [0.1, 0.15) is 0 Å². The van der Waals surface area contributed by atoms with Gasteiger partial charge >= 0.3 is 0 Å². The van der Waals surface area contributed by atoms with Crippen molar-refractivity contribution in [3.05, 3.63) is 42.4 Å². The van der Waals surface area contributed by atoms with Crippen LogP contribution in [0.1, 0.15) is 83.2 Å². The molecule has 0 bridgehead atoms. The molecule has 0 saturated carbocycles. The van der Waals surface area contributed by atoms with Crippen molar-refractivity contribution >= 4 is 11.5 Å². The fraction of sp³-hybridized carbons (Fsp3) is 0.594. The van der Waals surface area contributed by atoms with Gasteiger partial charge in [-0.15, -0.1) is 0 Å². The Kier molecular flexibility index (Phi) is 9.65. The van der Waals surface area contributed by atoms with Crippen LogP contribution in [0.4, 0.5) is 11.5 Å². The topological polar surface area (TPSA) is 126 Å². The summed E-state index contributed by atoms with van der Waals surface area (Å²) in [6.07, 6.45) is 13.7. The molecule has 1 aromatic carbocycles. The predicted molar refractivity (Wildman–Crippen MR) is 166 cm³/mol. The van der Waals surface area contributed by atoms with E-state index in [1.807, 2.05) is 23.9 Å². The Balaban J connectivity index is 1.46. The summed E-state index contributed by atoms with van der Waals surface area (Å²) in [6.45, 7) is 7.25. The average molecular weight is 578 g/mol. The lowest BCUT2D eigenvalue weighted by Gasteiger charge is -2.31. The zero-order valence-corrected chi connectivity index (χ0v) is 25.4. The molecule has 5 rings (SSSR count). The van der Waals surface area contributed by atoms with Gasteiger partial charge in [-0.1, -0.05) is 33.1 Å². The first kappa shape index (κ1) is 30.3. The fourth-order valence-corrected chi connectivity index (χ4v) is 6.29. The van der Waals surface area contributed by atoms with E-state index in [0.717, 1.165) is 81.4 Å². The van der Waals surface area contributed by atoms with Crippen molar-refractivity contribution in [1.82, 2.24) is 24.6 Å². The first-order chi connectivity index (χ1) is 20.3. The third kappa shape index (κ3) is 6.71. The lowest BCUT2D eigenvalue weighted by Crippen LogP contribution is -2.33. The SMILES string of the molecule is CCCCC[C@@](O)(CC)c1cc(-c2cnc(N)c(Oc3cnn(C4CCN(C)CC4)c3)n2)cc(N2CCCC2CO)c1. The van der Waals surface area contributed by atoms with Gasteiger partial charge in [0.05, 0.1) is 48.6 Å². The Bertz CT molecular complexity index is 1320. The summed E-state index contributed by atoms with van der Waals surface area (Å²) in [5, 5.41) is 26.4. The number of anilines is 2. The smallest absolute Gasteiger partial charge is 0.263 e. The number of nitrogen functional groups attached to an aromatic ring is 1. The number of aliphatic hydroxyl groups is 2. The van der Waals surface area contributed by atoms with Crippen molar-refractivity contribution in [3.8, 4) is 22.9 Å². The van der Waals surface area contributed by atoms with Gasteiger partial charge in [0.15, 0.2) is 11.6 Å². The molecule has 2 aliphatic rings. The molecule has 4 N–H and O–H groups in total. The number of rotatable bonds is 12. The molecule has 10 heteroatoms. The van der Waals surface area contributed by atoms with Crippen molar-refractivity contribution in [3.63, 3.8) is 0 Å². The first-order valence-corrected chi connectivity index (χ1v) is 15.6. The van der Waals surface area contributed by atoms with Gasteiger partial charge in [-0.25, -0.2) is 9.97 Å². The summed E-state index contributed by atoms with van der Waals surface area (Å²) in [7, 11) is 2.15. The van der Waals surface area contributed by atoms with Crippen LogP contribution < -0.4 is 15.4 Å². The largest absolute Gasteiger partial charge is 0.433 e. The lowest BCUT2D eigenvalue weighted by molar-refractivity contribution is 0.0208. The molecule has 228 valence electrons. The van der Waals surface area contributed by atoms with Gasteiger partial charge in [0, 0.05) is 17.8 Å². The second kappa shape index (κ2) is 13.4. The quantitative estimate of drug-likeness (QED) is 0.251. The van der Waals surface area contributed by atoms with Gasteiger partial charge < -0.3 is 30.5 Å². The Morgan fingerprint density at radius 1 is 1.07 bits per heavy atom. The van der Waals surface area contributed by atoms with E-state index < -0.39 is 5.60 Å². The molecule has 1 unspecified atom stereocenters. The minimum atomic E-state index is -0.961. The molecule has 2 atom stereocenters. The first-order valence-electron chi connectivity index (χ1n) is 15.6. The highest BCUT2D eigenvalue weighted by Gasteiger charge is 2.31. The molecule has 10 nitrogen and oxygen atoms in total. The van der Waals surface area contributed by atoms with Gasteiger partial charge in [-0.3, -0.25) is 4.68 Å². The van der Waals surface area contributed by atoms with Crippen LogP contribution in [0.15, 0.2) is 36.8 Å². The second-order valence-electron chi connectivity index (χ2n) is 12.0. The van der Waals surface area contributed by atoms with Crippen molar-refractivity contribution in [2.75, 3.05) is 43.9 Å². The van der Waals surface area contributed by atoms with Gasteiger partial charge in [-0.2, -0.15) is 5.10 Å². The lowest BCUT2D eigenvalue weighted by atomic mass is 9.84. The number of nitrogens with two attached hydrogens (primary N) is 1. The second-order valence-corrected chi connectivity index (χ2v) is 12.0. The van der Waals surface area contributed by atoms with E-state index in [2.05, 4.69) is 46.0 Å². The number of aliphatic hydroxyl groups excluding tert-OH is 1. The van der Waals surface area contributed by atoms with Gasteiger partial charge in [0.25, 0.3) is 5.88 Å². The fourth-order valence-electron chi connectivity index (χ4n) is 6.29. The summed E-state index contributed by atoms with van der Waals surface area (Å²) >= 11 is 0. The number of unbranched alkanes of at least 4 members (excludes halogenated alkanes) is 2. The number of piperidine rings is 1. The molecule has 0 aliphatic carbocycles. The summed E-state index contributed by atoms with van der Waals surface area (Å²) in [6, 6.07) is 6.58. The number of ether oxygens (including phenoxy) is 1. The Hall–Kier alpha value is -3.21. The monoisotopic (exact) mass is 577 g/mol. The predicted octanol–water partition coefficient (Wildman–Crippen LogP) is 5.12. The molecule has 2 aromatic heterocycles. The Morgan fingerprint density at radius 3 is 2.62 bits per heavy atom. The number of benzene rings is 1. The van der Waals surface area contributed by atoms with E-state index >= 15 is 0 Å². The normalized spacial score (nSPS) is 19.7. The van der Waals surface area contributed by atoms with Gasteiger partial charge in [-0.05, 0) is 82.4 Å². The average Bonchev–Trinajstić information content (AvgIpc) is 3.68. The maximum Gasteiger partial charge on any atom is 0.263 e. The van der Waals surface area contributed by atoms with Crippen LogP contribution in [0.3, 0.4) is 0 Å². The van der Waals surface area contributed by atoms with Crippen LogP contribution in [0.25, 0.3) is 11.3 Å². The van der Waals surface area contributed by atoms with Crippen LogP contribution in [-0.2, 0) is 5.60 Å². The highest BCUT2D eigenvalue weighted by Crippen LogP contribution is 2.39. The minimum Gasteiger partial charge on any atom is -0.433 e. The molecule has 2 fully saturated rings. The third-order valence-electron chi connectivity index (χ3n) is 9.07. The Morgan fingerprint density at radius 2 is 1.88 bits per heavy atom. The van der Waals surface area contributed by atoms with E-state index in [9.17, 15) is 10.2 Å². The zero-order chi connectivity index (χ0) is 29.7. The molecule has 4 heterocycles. The molecular formula is C32H47N7O3. The van der Waals surface area contributed by atoms with Crippen molar-refractivity contribution in [1.29, 1.82) is 0 Å². The minimum absolute atomic E-state index is 0.0559. The van der Waals surface area contributed by atoms with E-state index in [1.54, 1.807) is 12.4 Å².